The Morgan fingerprint density at radius 3 is 2.29 bits per heavy atom. The molecule has 0 aliphatic carbocycles. The molecule has 0 spiro atoms. The van der Waals surface area contributed by atoms with Crippen molar-refractivity contribution in [3.63, 3.8) is 0 Å². The second-order valence-electron chi connectivity index (χ2n) is 5.14. The number of methoxy groups -OCH3 is 1. The number of ether oxygens (including phenoxy) is 1. The molecule has 0 heterocycles. The SMILES string of the molecule is COc1c(C(N)Cc2c(Cl)cccc2Cl)ccc(C)c1C. The highest BCUT2D eigenvalue weighted by Crippen LogP contribution is 2.34. The molecule has 0 fully saturated rings. The van der Waals surface area contributed by atoms with Gasteiger partial charge < -0.3 is 10.5 Å². The molecule has 112 valence electrons. The van der Waals surface area contributed by atoms with Gasteiger partial charge in [-0.15, -0.1) is 0 Å². The molecule has 0 saturated carbocycles. The number of benzene rings is 2. The van der Waals surface area contributed by atoms with Crippen LogP contribution < -0.4 is 10.5 Å². The monoisotopic (exact) mass is 323 g/mol. The first-order valence-electron chi connectivity index (χ1n) is 6.78. The van der Waals surface area contributed by atoms with E-state index in [1.165, 1.54) is 5.56 Å². The van der Waals surface area contributed by atoms with E-state index in [-0.39, 0.29) is 6.04 Å². The lowest BCUT2D eigenvalue weighted by Crippen LogP contribution is -2.15. The normalized spacial score (nSPS) is 12.3. The van der Waals surface area contributed by atoms with Crippen LogP contribution in [0.25, 0.3) is 0 Å². The standard InChI is InChI=1S/C17H19Cl2NO/c1-10-7-8-12(17(21-3)11(10)2)16(20)9-13-14(18)5-4-6-15(13)19/h4-8,16H,9,20H2,1-3H3. The van der Waals surface area contributed by atoms with E-state index in [1.54, 1.807) is 7.11 Å². The van der Waals surface area contributed by atoms with Crippen molar-refractivity contribution in [2.24, 2.45) is 5.73 Å². The van der Waals surface area contributed by atoms with Crippen LogP contribution >= 0.6 is 23.2 Å². The van der Waals surface area contributed by atoms with Gasteiger partial charge in [-0.2, -0.15) is 0 Å². The molecule has 0 saturated heterocycles. The number of aryl methyl sites for hydroxylation is 1. The molecule has 0 bridgehead atoms. The fourth-order valence-corrected chi connectivity index (χ4v) is 2.98. The van der Waals surface area contributed by atoms with E-state index >= 15 is 0 Å². The van der Waals surface area contributed by atoms with Crippen LogP contribution in [-0.4, -0.2) is 7.11 Å². The van der Waals surface area contributed by atoms with Gasteiger partial charge in [-0.1, -0.05) is 41.4 Å². The Labute approximate surface area is 135 Å². The van der Waals surface area contributed by atoms with E-state index in [2.05, 4.69) is 13.0 Å². The Balaban J connectivity index is 2.37. The smallest absolute Gasteiger partial charge is 0.126 e. The Morgan fingerprint density at radius 2 is 1.71 bits per heavy atom. The van der Waals surface area contributed by atoms with Crippen LogP contribution in [0.2, 0.25) is 10.0 Å². The average molecular weight is 324 g/mol. The Hall–Kier alpha value is -1.22. The van der Waals surface area contributed by atoms with Gasteiger partial charge in [0.1, 0.15) is 5.75 Å². The molecular formula is C17H19Cl2NO. The molecule has 2 aromatic carbocycles. The molecule has 0 aliphatic heterocycles. The number of halogens is 2. The predicted octanol–water partition coefficient (Wildman–Crippen LogP) is 4.86. The van der Waals surface area contributed by atoms with Crippen molar-refractivity contribution in [1.29, 1.82) is 0 Å². The highest BCUT2D eigenvalue weighted by Gasteiger charge is 2.18. The third kappa shape index (κ3) is 3.34. The van der Waals surface area contributed by atoms with Crippen LogP contribution in [0.1, 0.15) is 28.3 Å². The third-order valence-corrected chi connectivity index (χ3v) is 4.50. The van der Waals surface area contributed by atoms with Gasteiger partial charge in [0.25, 0.3) is 0 Å². The largest absolute Gasteiger partial charge is 0.496 e. The van der Waals surface area contributed by atoms with Crippen LogP contribution in [0.5, 0.6) is 5.75 Å². The summed E-state index contributed by atoms with van der Waals surface area (Å²) < 4.78 is 5.53. The van der Waals surface area contributed by atoms with E-state index < -0.39 is 0 Å². The van der Waals surface area contributed by atoms with E-state index in [1.807, 2.05) is 31.2 Å². The van der Waals surface area contributed by atoms with Gasteiger partial charge in [0.05, 0.1) is 7.11 Å². The van der Waals surface area contributed by atoms with Crippen molar-refractivity contribution >= 4 is 23.2 Å². The molecule has 2 N–H and O–H groups in total. The summed E-state index contributed by atoms with van der Waals surface area (Å²) in [6.45, 7) is 4.09. The van der Waals surface area contributed by atoms with Crippen molar-refractivity contribution in [3.8, 4) is 5.75 Å². The van der Waals surface area contributed by atoms with Gasteiger partial charge in [-0.3, -0.25) is 0 Å². The molecule has 0 aromatic heterocycles. The molecule has 0 radical (unpaired) electrons. The summed E-state index contributed by atoms with van der Waals surface area (Å²) in [5, 5.41) is 1.28. The molecule has 2 nitrogen and oxygen atoms in total. The summed E-state index contributed by atoms with van der Waals surface area (Å²) in [4.78, 5) is 0. The van der Waals surface area contributed by atoms with Gasteiger partial charge >= 0.3 is 0 Å². The molecule has 4 heteroatoms. The highest BCUT2D eigenvalue weighted by molar-refractivity contribution is 6.36. The summed E-state index contributed by atoms with van der Waals surface area (Å²) >= 11 is 12.4. The van der Waals surface area contributed by atoms with Crippen LogP contribution in [-0.2, 0) is 6.42 Å². The minimum absolute atomic E-state index is 0.225. The van der Waals surface area contributed by atoms with Crippen molar-refractivity contribution in [1.82, 2.24) is 0 Å². The maximum Gasteiger partial charge on any atom is 0.126 e. The molecule has 2 aromatic rings. The maximum atomic E-state index is 6.36. The maximum absolute atomic E-state index is 6.36. The van der Waals surface area contributed by atoms with Crippen molar-refractivity contribution < 1.29 is 4.74 Å². The van der Waals surface area contributed by atoms with E-state index in [9.17, 15) is 0 Å². The number of hydrogen-bond donors (Lipinski definition) is 1. The lowest BCUT2D eigenvalue weighted by atomic mass is 9.95. The minimum atomic E-state index is -0.225. The number of rotatable bonds is 4. The van der Waals surface area contributed by atoms with Crippen LogP contribution in [0.3, 0.4) is 0 Å². The number of nitrogens with two attached hydrogens (primary N) is 1. The highest BCUT2D eigenvalue weighted by atomic mass is 35.5. The fourth-order valence-electron chi connectivity index (χ4n) is 2.43. The van der Waals surface area contributed by atoms with Gasteiger partial charge in [0.15, 0.2) is 0 Å². The van der Waals surface area contributed by atoms with Crippen molar-refractivity contribution in [2.45, 2.75) is 26.3 Å². The summed E-state index contributed by atoms with van der Waals surface area (Å²) in [5.74, 6) is 0.839. The predicted molar refractivity (Wildman–Crippen MR) is 89.6 cm³/mol. The van der Waals surface area contributed by atoms with Crippen LogP contribution in [0, 0.1) is 13.8 Å². The first-order chi connectivity index (χ1) is 9.95. The first-order valence-corrected chi connectivity index (χ1v) is 7.53. The number of hydrogen-bond acceptors (Lipinski definition) is 2. The summed E-state index contributed by atoms with van der Waals surface area (Å²) in [6.07, 6.45) is 0.567. The Bertz CT molecular complexity index is 635. The third-order valence-electron chi connectivity index (χ3n) is 3.80. The second-order valence-corrected chi connectivity index (χ2v) is 5.96. The van der Waals surface area contributed by atoms with Crippen LogP contribution in [0.15, 0.2) is 30.3 Å². The molecule has 1 unspecified atom stereocenters. The van der Waals surface area contributed by atoms with Gasteiger partial charge in [-0.05, 0) is 49.1 Å². The average Bonchev–Trinajstić information content (AvgIpc) is 2.45. The molecular weight excluding hydrogens is 305 g/mol. The van der Waals surface area contributed by atoms with Gasteiger partial charge in [-0.25, -0.2) is 0 Å². The minimum Gasteiger partial charge on any atom is -0.496 e. The van der Waals surface area contributed by atoms with E-state index in [0.29, 0.717) is 16.5 Å². The van der Waals surface area contributed by atoms with E-state index in [0.717, 1.165) is 22.4 Å². The Kier molecular flexibility index (Phi) is 5.15. The van der Waals surface area contributed by atoms with Crippen LogP contribution in [0.4, 0.5) is 0 Å². The van der Waals surface area contributed by atoms with Crippen molar-refractivity contribution in [3.05, 3.63) is 62.6 Å². The molecule has 0 aliphatic rings. The molecule has 21 heavy (non-hydrogen) atoms. The zero-order valence-corrected chi connectivity index (χ0v) is 13.9. The lowest BCUT2D eigenvalue weighted by molar-refractivity contribution is 0.402. The van der Waals surface area contributed by atoms with E-state index in [4.69, 9.17) is 33.7 Å². The molecule has 2 rings (SSSR count). The zero-order valence-electron chi connectivity index (χ0n) is 12.4. The first kappa shape index (κ1) is 16.2. The fraction of sp³-hybridized carbons (Fsp3) is 0.294. The summed E-state index contributed by atoms with van der Waals surface area (Å²) in [7, 11) is 1.67. The Morgan fingerprint density at radius 1 is 1.10 bits per heavy atom. The lowest BCUT2D eigenvalue weighted by Gasteiger charge is -2.19. The molecule has 1 atom stereocenters. The second kappa shape index (κ2) is 6.69. The van der Waals surface area contributed by atoms with Gasteiger partial charge in [0, 0.05) is 21.7 Å². The van der Waals surface area contributed by atoms with Gasteiger partial charge in [0.2, 0.25) is 0 Å². The van der Waals surface area contributed by atoms with Crippen molar-refractivity contribution in [2.75, 3.05) is 7.11 Å². The topological polar surface area (TPSA) is 35.2 Å². The zero-order chi connectivity index (χ0) is 15.6. The summed E-state index contributed by atoms with van der Waals surface area (Å²) in [5.41, 5.74) is 10.5. The molecule has 0 amide bonds. The summed E-state index contributed by atoms with van der Waals surface area (Å²) in [6, 6.07) is 9.32. The quantitative estimate of drug-likeness (QED) is 0.871.